The fourth-order valence-electron chi connectivity index (χ4n) is 1.23. The molecule has 8 heteroatoms. The zero-order valence-electron chi connectivity index (χ0n) is 7.71. The molecule has 14 heavy (non-hydrogen) atoms. The first-order valence-electron chi connectivity index (χ1n) is 4.17. The van der Waals surface area contributed by atoms with Crippen molar-refractivity contribution in [1.29, 1.82) is 0 Å². The quantitative estimate of drug-likeness (QED) is 0.674. The van der Waals surface area contributed by atoms with Crippen molar-refractivity contribution in [1.82, 2.24) is 9.96 Å². The first-order chi connectivity index (χ1) is 6.44. The predicted octanol–water partition coefficient (Wildman–Crippen LogP) is -0.132. The molecule has 0 spiro atoms. The number of carbonyl (C=O) groups excluding carboxylic acids is 1. The van der Waals surface area contributed by atoms with Crippen molar-refractivity contribution < 1.29 is 22.0 Å². The van der Waals surface area contributed by atoms with Gasteiger partial charge in [0, 0.05) is 13.1 Å². The molecule has 1 N–H and O–H groups in total. The molecule has 1 aliphatic heterocycles. The smallest absolute Gasteiger partial charge is 0.323 e. The molecule has 7 nitrogen and oxygen atoms in total. The Morgan fingerprint density at radius 1 is 1.50 bits per heavy atom. The average molecular weight is 224 g/mol. The van der Waals surface area contributed by atoms with Crippen molar-refractivity contribution in [2.45, 2.75) is 13.3 Å². The monoisotopic (exact) mass is 224 g/mol. The van der Waals surface area contributed by atoms with E-state index >= 15 is 0 Å². The van der Waals surface area contributed by atoms with Crippen LogP contribution in [0.3, 0.4) is 0 Å². The van der Waals surface area contributed by atoms with E-state index in [4.69, 9.17) is 4.55 Å². The molecular formula is C6H12N2O5S. The fraction of sp³-hybridized carbons (Fsp3) is 0.833. The maximum Gasteiger partial charge on any atom is 0.418 e. The Hall–Kier alpha value is -0.860. The average Bonchev–Trinajstić information content (AvgIpc) is 2.06. The molecule has 0 radical (unpaired) electrons. The Labute approximate surface area is 82.1 Å². The molecule has 0 aliphatic carbocycles. The van der Waals surface area contributed by atoms with Crippen molar-refractivity contribution in [2.75, 3.05) is 19.6 Å². The minimum absolute atomic E-state index is 0.162. The summed E-state index contributed by atoms with van der Waals surface area (Å²) in [6.07, 6.45) is 0.606. The van der Waals surface area contributed by atoms with Gasteiger partial charge in [-0.3, -0.25) is 4.55 Å². The number of rotatable bonds is 3. The highest BCUT2D eigenvalue weighted by Crippen LogP contribution is 2.10. The van der Waals surface area contributed by atoms with Crippen molar-refractivity contribution in [3.8, 4) is 0 Å². The van der Waals surface area contributed by atoms with E-state index in [0.29, 0.717) is 24.6 Å². The van der Waals surface area contributed by atoms with Crippen LogP contribution < -0.4 is 0 Å². The zero-order valence-corrected chi connectivity index (χ0v) is 8.53. The Morgan fingerprint density at radius 2 is 2.14 bits per heavy atom. The minimum atomic E-state index is -4.61. The van der Waals surface area contributed by atoms with Crippen molar-refractivity contribution in [3.05, 3.63) is 0 Å². The van der Waals surface area contributed by atoms with Gasteiger partial charge in [0.1, 0.15) is 0 Å². The summed E-state index contributed by atoms with van der Waals surface area (Å²) in [7, 11) is -4.61. The van der Waals surface area contributed by atoms with Crippen molar-refractivity contribution in [2.24, 2.45) is 0 Å². The number of carbonyl (C=O) groups is 1. The van der Waals surface area contributed by atoms with E-state index in [1.54, 1.807) is 6.92 Å². The van der Waals surface area contributed by atoms with Gasteiger partial charge in [0.05, 0.1) is 6.54 Å². The van der Waals surface area contributed by atoms with Gasteiger partial charge in [-0.2, -0.15) is 13.5 Å². The molecule has 1 aliphatic rings. The van der Waals surface area contributed by atoms with E-state index in [-0.39, 0.29) is 6.54 Å². The molecule has 0 aromatic carbocycles. The minimum Gasteiger partial charge on any atom is -0.323 e. The van der Waals surface area contributed by atoms with Crippen molar-refractivity contribution in [3.63, 3.8) is 0 Å². The lowest BCUT2D eigenvalue weighted by Crippen LogP contribution is -2.49. The van der Waals surface area contributed by atoms with Gasteiger partial charge in [0.2, 0.25) is 0 Å². The highest BCUT2D eigenvalue weighted by Gasteiger charge is 2.28. The molecule has 1 saturated heterocycles. The van der Waals surface area contributed by atoms with Crippen LogP contribution in [-0.2, 0) is 14.7 Å². The number of amides is 2. The number of urea groups is 1. The number of hydrogen-bond acceptors (Lipinski definition) is 4. The van der Waals surface area contributed by atoms with Gasteiger partial charge in [0.15, 0.2) is 0 Å². The van der Waals surface area contributed by atoms with Crippen LogP contribution in [0.5, 0.6) is 0 Å². The molecular weight excluding hydrogens is 212 g/mol. The van der Waals surface area contributed by atoms with Crippen LogP contribution in [0.25, 0.3) is 0 Å². The summed E-state index contributed by atoms with van der Waals surface area (Å²) in [5, 5.41) is 0.641. The number of nitrogens with zero attached hydrogens (tertiary/aromatic N) is 2. The van der Waals surface area contributed by atoms with Gasteiger partial charge >= 0.3 is 16.4 Å². The number of hydroxylamine groups is 2. The summed E-state index contributed by atoms with van der Waals surface area (Å²) in [6.45, 7) is 2.98. The fourth-order valence-corrected chi connectivity index (χ4v) is 1.60. The lowest BCUT2D eigenvalue weighted by atomic mass is 10.3. The SMILES string of the molecule is CCN1CCCN(OS(=O)(=O)O)C1=O. The predicted molar refractivity (Wildman–Crippen MR) is 46.6 cm³/mol. The summed E-state index contributed by atoms with van der Waals surface area (Å²) >= 11 is 0. The first kappa shape index (κ1) is 11.2. The topological polar surface area (TPSA) is 87.2 Å². The van der Waals surface area contributed by atoms with E-state index in [9.17, 15) is 13.2 Å². The van der Waals surface area contributed by atoms with Crippen LogP contribution in [0.2, 0.25) is 0 Å². The molecule has 0 atom stereocenters. The molecule has 0 aromatic rings. The van der Waals surface area contributed by atoms with Crippen LogP contribution in [-0.4, -0.2) is 48.6 Å². The Kier molecular flexibility index (Phi) is 3.29. The lowest BCUT2D eigenvalue weighted by Gasteiger charge is -2.32. The summed E-state index contributed by atoms with van der Waals surface area (Å²) in [4.78, 5) is 12.8. The molecule has 1 rings (SSSR count). The maximum atomic E-state index is 11.4. The molecule has 1 heterocycles. The summed E-state index contributed by atoms with van der Waals surface area (Å²) in [5.74, 6) is 0. The van der Waals surface area contributed by atoms with Crippen LogP contribution >= 0.6 is 0 Å². The molecule has 0 saturated carbocycles. The third kappa shape index (κ3) is 2.82. The molecule has 0 bridgehead atoms. The maximum absolute atomic E-state index is 11.4. The normalized spacial score (nSPS) is 18.9. The van der Waals surface area contributed by atoms with Gasteiger partial charge in [-0.05, 0) is 13.3 Å². The molecule has 82 valence electrons. The van der Waals surface area contributed by atoms with Crippen LogP contribution in [0.4, 0.5) is 4.79 Å². The van der Waals surface area contributed by atoms with Gasteiger partial charge < -0.3 is 4.90 Å². The molecule has 2 amide bonds. The third-order valence-corrected chi connectivity index (χ3v) is 2.21. The van der Waals surface area contributed by atoms with Crippen LogP contribution in [0, 0.1) is 0 Å². The third-order valence-electron chi connectivity index (χ3n) is 1.84. The van der Waals surface area contributed by atoms with Crippen LogP contribution in [0.1, 0.15) is 13.3 Å². The largest absolute Gasteiger partial charge is 0.418 e. The second kappa shape index (κ2) is 4.11. The van der Waals surface area contributed by atoms with E-state index in [2.05, 4.69) is 4.28 Å². The summed E-state index contributed by atoms with van der Waals surface area (Å²) < 4.78 is 33.2. The van der Waals surface area contributed by atoms with Gasteiger partial charge in [0.25, 0.3) is 0 Å². The van der Waals surface area contributed by atoms with E-state index in [0.717, 1.165) is 0 Å². The Bertz CT molecular complexity index is 314. The zero-order chi connectivity index (χ0) is 10.8. The van der Waals surface area contributed by atoms with Crippen molar-refractivity contribution >= 4 is 16.4 Å². The van der Waals surface area contributed by atoms with E-state index < -0.39 is 16.4 Å². The molecule has 0 aromatic heterocycles. The Balaban J connectivity index is 2.66. The molecule has 0 unspecified atom stereocenters. The van der Waals surface area contributed by atoms with Gasteiger partial charge in [-0.1, -0.05) is 0 Å². The van der Waals surface area contributed by atoms with Gasteiger partial charge in [-0.25, -0.2) is 4.79 Å². The van der Waals surface area contributed by atoms with Crippen LogP contribution in [0.15, 0.2) is 0 Å². The highest BCUT2D eigenvalue weighted by molar-refractivity contribution is 7.80. The lowest BCUT2D eigenvalue weighted by molar-refractivity contribution is -0.0467. The summed E-state index contributed by atoms with van der Waals surface area (Å²) in [6, 6.07) is -0.545. The number of hydrogen-bond donors (Lipinski definition) is 1. The second-order valence-corrected chi connectivity index (χ2v) is 3.82. The van der Waals surface area contributed by atoms with E-state index in [1.807, 2.05) is 0 Å². The highest BCUT2D eigenvalue weighted by atomic mass is 32.3. The Morgan fingerprint density at radius 3 is 2.64 bits per heavy atom. The standard InChI is InChI=1S/C6H12N2O5S/c1-2-7-4-3-5-8(6(7)9)13-14(10,11)12/h2-5H2,1H3,(H,10,11,12). The van der Waals surface area contributed by atoms with E-state index in [1.165, 1.54) is 4.90 Å². The summed E-state index contributed by atoms with van der Waals surface area (Å²) in [5.41, 5.74) is 0. The second-order valence-electron chi connectivity index (χ2n) is 2.82. The van der Waals surface area contributed by atoms with Gasteiger partial charge in [-0.15, -0.1) is 4.28 Å². The first-order valence-corrected chi connectivity index (χ1v) is 5.54. The molecule has 1 fully saturated rings.